The fourth-order valence-electron chi connectivity index (χ4n) is 2.18. The average molecular weight is 245 g/mol. The van der Waals surface area contributed by atoms with Crippen molar-refractivity contribution < 1.29 is 9.90 Å². The number of phenols is 1. The molecular weight excluding hydrogens is 226 g/mol. The Morgan fingerprint density at radius 2 is 2.00 bits per heavy atom. The molecule has 0 saturated carbocycles. The van der Waals surface area contributed by atoms with Crippen LogP contribution in [-0.2, 0) is 0 Å². The van der Waals surface area contributed by atoms with Gasteiger partial charge in [0, 0.05) is 12.1 Å². The van der Waals surface area contributed by atoms with E-state index in [9.17, 15) is 4.79 Å². The van der Waals surface area contributed by atoms with Crippen LogP contribution in [0.25, 0.3) is 0 Å². The molecule has 2 N–H and O–H groups in total. The topological polar surface area (TPSA) is 49.3 Å². The minimum absolute atomic E-state index is 0.0774. The third-order valence-electron chi connectivity index (χ3n) is 3.25. The van der Waals surface area contributed by atoms with E-state index in [1.54, 1.807) is 12.1 Å². The minimum atomic E-state index is -0.0774. The lowest BCUT2D eigenvalue weighted by Crippen LogP contribution is -2.24. The number of amides is 1. The zero-order chi connectivity index (χ0) is 12.8. The van der Waals surface area contributed by atoms with Crippen LogP contribution in [0.5, 0.6) is 5.75 Å². The summed E-state index contributed by atoms with van der Waals surface area (Å²) >= 11 is 0. The van der Waals surface area contributed by atoms with E-state index >= 15 is 0 Å². The van der Waals surface area contributed by atoms with Crippen LogP contribution in [0.4, 0.5) is 0 Å². The Morgan fingerprint density at radius 3 is 2.67 bits per heavy atom. The first-order valence-corrected chi connectivity index (χ1v) is 6.51. The Bertz CT molecular complexity index is 434. The zero-order valence-corrected chi connectivity index (χ0v) is 10.5. The van der Waals surface area contributed by atoms with Crippen LogP contribution in [0, 0.1) is 0 Å². The first-order chi connectivity index (χ1) is 8.75. The highest BCUT2D eigenvalue weighted by atomic mass is 16.3. The Kier molecular flexibility index (Phi) is 4.40. The Balaban J connectivity index is 1.78. The highest BCUT2D eigenvalue weighted by Gasteiger charge is 2.06. The van der Waals surface area contributed by atoms with Gasteiger partial charge in [-0.1, -0.05) is 11.6 Å². The first-order valence-electron chi connectivity index (χ1n) is 6.51. The average Bonchev–Trinajstić information content (AvgIpc) is 2.40. The van der Waals surface area contributed by atoms with E-state index < -0.39 is 0 Å². The number of carbonyl (C=O) groups is 1. The quantitative estimate of drug-likeness (QED) is 0.801. The Hall–Kier alpha value is -1.77. The maximum absolute atomic E-state index is 11.8. The maximum atomic E-state index is 11.8. The number of carbonyl (C=O) groups excluding carboxylic acids is 1. The molecule has 1 aromatic rings. The van der Waals surface area contributed by atoms with Crippen LogP contribution >= 0.6 is 0 Å². The third kappa shape index (κ3) is 3.62. The predicted octanol–water partition coefficient (Wildman–Crippen LogP) is 3.01. The molecule has 1 aromatic carbocycles. The maximum Gasteiger partial charge on any atom is 0.251 e. The molecule has 0 saturated heterocycles. The fourth-order valence-corrected chi connectivity index (χ4v) is 2.18. The normalized spacial score (nSPS) is 15.0. The van der Waals surface area contributed by atoms with Crippen molar-refractivity contribution in [3.63, 3.8) is 0 Å². The third-order valence-corrected chi connectivity index (χ3v) is 3.25. The van der Waals surface area contributed by atoms with E-state index in [2.05, 4.69) is 11.4 Å². The van der Waals surface area contributed by atoms with Crippen molar-refractivity contribution in [1.29, 1.82) is 0 Å². The van der Waals surface area contributed by atoms with Gasteiger partial charge < -0.3 is 10.4 Å². The van der Waals surface area contributed by atoms with Crippen LogP contribution < -0.4 is 5.32 Å². The lowest BCUT2D eigenvalue weighted by molar-refractivity contribution is 0.0954. The molecular formula is C15H19NO2. The van der Waals surface area contributed by atoms with Gasteiger partial charge in [0.15, 0.2) is 0 Å². The monoisotopic (exact) mass is 245 g/mol. The number of hydrogen-bond acceptors (Lipinski definition) is 2. The van der Waals surface area contributed by atoms with Gasteiger partial charge in [0.25, 0.3) is 5.91 Å². The fraction of sp³-hybridized carbons (Fsp3) is 0.400. The second-order valence-corrected chi connectivity index (χ2v) is 4.66. The molecule has 0 fully saturated rings. The van der Waals surface area contributed by atoms with Crippen molar-refractivity contribution in [2.24, 2.45) is 0 Å². The van der Waals surface area contributed by atoms with E-state index in [1.165, 1.54) is 43.4 Å². The van der Waals surface area contributed by atoms with E-state index in [0.29, 0.717) is 12.1 Å². The molecule has 18 heavy (non-hydrogen) atoms. The summed E-state index contributed by atoms with van der Waals surface area (Å²) < 4.78 is 0. The molecule has 0 bridgehead atoms. The summed E-state index contributed by atoms with van der Waals surface area (Å²) in [7, 11) is 0. The van der Waals surface area contributed by atoms with E-state index in [0.717, 1.165) is 6.42 Å². The smallest absolute Gasteiger partial charge is 0.251 e. The largest absolute Gasteiger partial charge is 0.508 e. The molecule has 3 heteroatoms. The van der Waals surface area contributed by atoms with Crippen LogP contribution in [0.2, 0.25) is 0 Å². The summed E-state index contributed by atoms with van der Waals surface area (Å²) in [5.74, 6) is 0.102. The summed E-state index contributed by atoms with van der Waals surface area (Å²) in [6.45, 7) is 0.686. The number of benzene rings is 1. The van der Waals surface area contributed by atoms with E-state index in [-0.39, 0.29) is 11.7 Å². The number of hydrogen-bond donors (Lipinski definition) is 2. The SMILES string of the molecule is O=C(NCCC1=CCCCC1)c1ccc(O)cc1. The van der Waals surface area contributed by atoms with Gasteiger partial charge in [-0.15, -0.1) is 0 Å². The number of aromatic hydroxyl groups is 1. The van der Waals surface area contributed by atoms with Crippen LogP contribution in [-0.4, -0.2) is 17.6 Å². The van der Waals surface area contributed by atoms with Crippen molar-refractivity contribution >= 4 is 5.91 Å². The molecule has 96 valence electrons. The summed E-state index contributed by atoms with van der Waals surface area (Å²) in [5, 5.41) is 12.0. The van der Waals surface area contributed by atoms with Gasteiger partial charge in [-0.05, 0) is 56.4 Å². The summed E-state index contributed by atoms with van der Waals surface area (Å²) in [6.07, 6.45) is 8.18. The van der Waals surface area contributed by atoms with Crippen LogP contribution in [0.1, 0.15) is 42.5 Å². The van der Waals surface area contributed by atoms with Gasteiger partial charge >= 0.3 is 0 Å². The molecule has 1 amide bonds. The van der Waals surface area contributed by atoms with Gasteiger partial charge in [0.2, 0.25) is 0 Å². The molecule has 1 aliphatic rings. The molecule has 0 radical (unpaired) electrons. The highest BCUT2D eigenvalue weighted by molar-refractivity contribution is 5.94. The molecule has 0 spiro atoms. The molecule has 0 unspecified atom stereocenters. The van der Waals surface area contributed by atoms with Crippen LogP contribution in [0.15, 0.2) is 35.9 Å². The van der Waals surface area contributed by atoms with Crippen molar-refractivity contribution in [3.05, 3.63) is 41.5 Å². The van der Waals surface area contributed by atoms with E-state index in [1.807, 2.05) is 0 Å². The van der Waals surface area contributed by atoms with Crippen molar-refractivity contribution in [2.75, 3.05) is 6.54 Å². The van der Waals surface area contributed by atoms with Crippen LogP contribution in [0.3, 0.4) is 0 Å². The van der Waals surface area contributed by atoms with Gasteiger partial charge in [0.05, 0.1) is 0 Å². The molecule has 3 nitrogen and oxygen atoms in total. The van der Waals surface area contributed by atoms with Crippen molar-refractivity contribution in [2.45, 2.75) is 32.1 Å². The standard InChI is InChI=1S/C15H19NO2/c17-14-8-6-13(7-9-14)15(18)16-11-10-12-4-2-1-3-5-12/h4,6-9,17H,1-3,5,10-11H2,(H,16,18). The van der Waals surface area contributed by atoms with Gasteiger partial charge in [-0.25, -0.2) is 0 Å². The lowest BCUT2D eigenvalue weighted by atomic mass is 9.97. The minimum Gasteiger partial charge on any atom is -0.508 e. The number of rotatable bonds is 4. The highest BCUT2D eigenvalue weighted by Crippen LogP contribution is 2.19. The lowest BCUT2D eigenvalue weighted by Gasteiger charge is -2.12. The van der Waals surface area contributed by atoms with Gasteiger partial charge in [-0.2, -0.15) is 0 Å². The Labute approximate surface area is 108 Å². The molecule has 0 heterocycles. The summed E-state index contributed by atoms with van der Waals surface area (Å²) in [6, 6.07) is 6.31. The zero-order valence-electron chi connectivity index (χ0n) is 10.5. The number of allylic oxidation sites excluding steroid dienone is 1. The van der Waals surface area contributed by atoms with Crippen molar-refractivity contribution in [1.82, 2.24) is 5.32 Å². The second-order valence-electron chi connectivity index (χ2n) is 4.66. The molecule has 0 aliphatic heterocycles. The van der Waals surface area contributed by atoms with E-state index in [4.69, 9.17) is 5.11 Å². The van der Waals surface area contributed by atoms with Crippen molar-refractivity contribution in [3.8, 4) is 5.75 Å². The number of nitrogens with one attached hydrogen (secondary N) is 1. The molecule has 2 rings (SSSR count). The summed E-state index contributed by atoms with van der Waals surface area (Å²) in [4.78, 5) is 11.8. The molecule has 0 atom stereocenters. The first kappa shape index (κ1) is 12.7. The second kappa shape index (κ2) is 6.24. The molecule has 0 aromatic heterocycles. The number of phenolic OH excluding ortho intramolecular Hbond substituents is 1. The predicted molar refractivity (Wildman–Crippen MR) is 71.6 cm³/mol. The summed E-state index contributed by atoms with van der Waals surface area (Å²) in [5.41, 5.74) is 2.05. The molecule has 1 aliphatic carbocycles. The van der Waals surface area contributed by atoms with Gasteiger partial charge in [-0.3, -0.25) is 4.79 Å². The van der Waals surface area contributed by atoms with Gasteiger partial charge in [0.1, 0.15) is 5.75 Å². The Morgan fingerprint density at radius 1 is 1.22 bits per heavy atom.